The summed E-state index contributed by atoms with van der Waals surface area (Å²) >= 11 is 0. The highest BCUT2D eigenvalue weighted by Crippen LogP contribution is 2.29. The van der Waals surface area contributed by atoms with Crippen molar-refractivity contribution in [2.45, 2.75) is 25.4 Å². The van der Waals surface area contributed by atoms with Crippen molar-refractivity contribution >= 4 is 5.82 Å². The highest BCUT2D eigenvalue weighted by Gasteiger charge is 2.29. The lowest BCUT2D eigenvalue weighted by atomic mass is 10.3. The summed E-state index contributed by atoms with van der Waals surface area (Å²) in [4.78, 5) is 2.26. The summed E-state index contributed by atoms with van der Waals surface area (Å²) in [5.74, 6) is 0.928. The van der Waals surface area contributed by atoms with Crippen molar-refractivity contribution in [3.05, 3.63) is 17.8 Å². The molecule has 0 aromatic carbocycles. The fourth-order valence-electron chi connectivity index (χ4n) is 1.67. The van der Waals surface area contributed by atoms with E-state index in [1.54, 1.807) is 7.11 Å². The number of nitrogens with zero attached hydrogens (tertiary/aromatic N) is 3. The third kappa shape index (κ3) is 2.68. The summed E-state index contributed by atoms with van der Waals surface area (Å²) in [6, 6.07) is 4.54. The average Bonchev–Trinajstić information content (AvgIpc) is 3.15. The Kier molecular flexibility index (Phi) is 3.69. The minimum atomic E-state index is 0.439. The van der Waals surface area contributed by atoms with Gasteiger partial charge in [-0.1, -0.05) is 0 Å². The Bertz CT molecular complexity index is 323. The highest BCUT2D eigenvalue weighted by molar-refractivity contribution is 5.40. The van der Waals surface area contributed by atoms with Gasteiger partial charge in [-0.15, -0.1) is 5.10 Å². The number of rotatable bonds is 6. The van der Waals surface area contributed by atoms with Gasteiger partial charge >= 0.3 is 0 Å². The van der Waals surface area contributed by atoms with Gasteiger partial charge in [0.15, 0.2) is 5.82 Å². The van der Waals surface area contributed by atoms with Crippen LogP contribution in [0.5, 0.6) is 0 Å². The lowest BCUT2D eigenvalue weighted by Gasteiger charge is -2.22. The summed E-state index contributed by atoms with van der Waals surface area (Å²) in [5.41, 5.74) is 6.32. The highest BCUT2D eigenvalue weighted by atomic mass is 16.5. The number of nitrogens with two attached hydrogens (primary N) is 1. The summed E-state index contributed by atoms with van der Waals surface area (Å²) in [6.07, 6.45) is 2.48. The maximum atomic E-state index is 5.49. The van der Waals surface area contributed by atoms with Crippen LogP contribution in [0.15, 0.2) is 12.1 Å². The molecule has 0 saturated heterocycles. The van der Waals surface area contributed by atoms with Crippen molar-refractivity contribution in [1.82, 2.24) is 10.2 Å². The quantitative estimate of drug-likeness (QED) is 0.761. The predicted molar refractivity (Wildman–Crippen MR) is 62.2 cm³/mol. The van der Waals surface area contributed by atoms with Gasteiger partial charge in [-0.05, 0) is 25.0 Å². The third-order valence-corrected chi connectivity index (χ3v) is 2.73. The van der Waals surface area contributed by atoms with E-state index in [4.69, 9.17) is 10.5 Å². The number of methoxy groups -OCH3 is 1. The molecule has 0 unspecified atom stereocenters. The standard InChI is InChI=1S/C11H18N4O/c1-16-7-6-15(10-3-4-10)11-5-2-9(8-12)13-14-11/h2,5,10H,3-4,6-8,12H2,1H3. The largest absolute Gasteiger partial charge is 0.383 e. The van der Waals surface area contributed by atoms with Gasteiger partial charge in [-0.25, -0.2) is 0 Å². The molecule has 0 amide bonds. The first-order valence-corrected chi connectivity index (χ1v) is 5.63. The van der Waals surface area contributed by atoms with Gasteiger partial charge in [0, 0.05) is 26.2 Å². The van der Waals surface area contributed by atoms with Crippen LogP contribution >= 0.6 is 0 Å². The predicted octanol–water partition coefficient (Wildman–Crippen LogP) is 0.551. The van der Waals surface area contributed by atoms with Crippen molar-refractivity contribution < 1.29 is 4.74 Å². The molecule has 0 bridgehead atoms. The lowest BCUT2D eigenvalue weighted by Crippen LogP contribution is -2.30. The van der Waals surface area contributed by atoms with Gasteiger partial charge in [0.25, 0.3) is 0 Å². The van der Waals surface area contributed by atoms with Crippen LogP contribution in [-0.4, -0.2) is 36.5 Å². The summed E-state index contributed by atoms with van der Waals surface area (Å²) in [7, 11) is 1.72. The lowest BCUT2D eigenvalue weighted by molar-refractivity contribution is 0.204. The van der Waals surface area contributed by atoms with Gasteiger partial charge in [0.2, 0.25) is 0 Å². The van der Waals surface area contributed by atoms with Gasteiger partial charge in [0.05, 0.1) is 12.3 Å². The first-order chi connectivity index (χ1) is 7.85. The summed E-state index contributed by atoms with van der Waals surface area (Å²) in [6.45, 7) is 2.03. The summed E-state index contributed by atoms with van der Waals surface area (Å²) in [5, 5.41) is 8.28. The Hall–Kier alpha value is -1.20. The summed E-state index contributed by atoms with van der Waals surface area (Å²) < 4.78 is 5.11. The molecule has 88 valence electrons. The van der Waals surface area contributed by atoms with Gasteiger partial charge in [0.1, 0.15) is 0 Å². The van der Waals surface area contributed by atoms with Crippen LogP contribution in [0.3, 0.4) is 0 Å². The van der Waals surface area contributed by atoms with Gasteiger partial charge in [-0.2, -0.15) is 5.10 Å². The van der Waals surface area contributed by atoms with Crippen molar-refractivity contribution in [3.63, 3.8) is 0 Å². The van der Waals surface area contributed by atoms with Gasteiger partial charge < -0.3 is 15.4 Å². The third-order valence-electron chi connectivity index (χ3n) is 2.73. The fraction of sp³-hybridized carbons (Fsp3) is 0.636. The Balaban J connectivity index is 2.05. The zero-order chi connectivity index (χ0) is 11.4. The molecule has 2 N–H and O–H groups in total. The van der Waals surface area contributed by atoms with E-state index in [0.29, 0.717) is 12.6 Å². The van der Waals surface area contributed by atoms with E-state index in [1.165, 1.54) is 12.8 Å². The van der Waals surface area contributed by atoms with E-state index in [9.17, 15) is 0 Å². The van der Waals surface area contributed by atoms with E-state index in [1.807, 2.05) is 12.1 Å². The number of anilines is 1. The van der Waals surface area contributed by atoms with Crippen molar-refractivity contribution in [2.75, 3.05) is 25.2 Å². The molecule has 1 aromatic heterocycles. The van der Waals surface area contributed by atoms with E-state index in [-0.39, 0.29) is 0 Å². The van der Waals surface area contributed by atoms with E-state index in [0.717, 1.165) is 24.7 Å². The zero-order valence-electron chi connectivity index (χ0n) is 9.59. The molecule has 5 heteroatoms. The van der Waals surface area contributed by atoms with Crippen LogP contribution < -0.4 is 10.6 Å². The molecule has 5 nitrogen and oxygen atoms in total. The van der Waals surface area contributed by atoms with E-state index < -0.39 is 0 Å². The molecule has 0 atom stereocenters. The topological polar surface area (TPSA) is 64.3 Å². The Labute approximate surface area is 95.6 Å². The van der Waals surface area contributed by atoms with Crippen molar-refractivity contribution in [2.24, 2.45) is 5.73 Å². The number of ether oxygens (including phenoxy) is 1. The molecule has 0 radical (unpaired) electrons. The molecular weight excluding hydrogens is 204 g/mol. The van der Waals surface area contributed by atoms with E-state index >= 15 is 0 Å². The SMILES string of the molecule is COCCN(c1ccc(CN)nn1)C1CC1. The van der Waals surface area contributed by atoms with Crippen LogP contribution in [0.2, 0.25) is 0 Å². The second-order valence-electron chi connectivity index (χ2n) is 4.00. The average molecular weight is 222 g/mol. The molecule has 1 aliphatic rings. The first-order valence-electron chi connectivity index (χ1n) is 5.63. The Morgan fingerprint density at radius 1 is 1.44 bits per heavy atom. The van der Waals surface area contributed by atoms with E-state index in [2.05, 4.69) is 15.1 Å². The molecule has 1 fully saturated rings. The number of hydrogen-bond donors (Lipinski definition) is 1. The normalized spacial score (nSPS) is 15.1. The molecule has 2 rings (SSSR count). The monoisotopic (exact) mass is 222 g/mol. The molecular formula is C11H18N4O. The molecule has 1 aromatic rings. The number of aromatic nitrogens is 2. The molecule has 1 aliphatic carbocycles. The first kappa shape index (κ1) is 11.3. The van der Waals surface area contributed by atoms with Crippen molar-refractivity contribution in [1.29, 1.82) is 0 Å². The fourth-order valence-corrected chi connectivity index (χ4v) is 1.67. The molecule has 0 spiro atoms. The van der Waals surface area contributed by atoms with Crippen LogP contribution in [0.4, 0.5) is 5.82 Å². The molecule has 1 saturated carbocycles. The van der Waals surface area contributed by atoms with Crippen molar-refractivity contribution in [3.8, 4) is 0 Å². The van der Waals surface area contributed by atoms with Crippen LogP contribution in [0, 0.1) is 0 Å². The molecule has 1 heterocycles. The maximum absolute atomic E-state index is 5.49. The van der Waals surface area contributed by atoms with Crippen LogP contribution in [0.25, 0.3) is 0 Å². The minimum Gasteiger partial charge on any atom is -0.383 e. The smallest absolute Gasteiger partial charge is 0.151 e. The van der Waals surface area contributed by atoms with Crippen LogP contribution in [-0.2, 0) is 11.3 Å². The van der Waals surface area contributed by atoms with Crippen LogP contribution in [0.1, 0.15) is 18.5 Å². The maximum Gasteiger partial charge on any atom is 0.151 e. The molecule has 16 heavy (non-hydrogen) atoms. The Morgan fingerprint density at radius 3 is 2.75 bits per heavy atom. The molecule has 0 aliphatic heterocycles. The second-order valence-corrected chi connectivity index (χ2v) is 4.00. The zero-order valence-corrected chi connectivity index (χ0v) is 9.59. The number of hydrogen-bond acceptors (Lipinski definition) is 5. The Morgan fingerprint density at radius 2 is 2.25 bits per heavy atom. The minimum absolute atomic E-state index is 0.439. The van der Waals surface area contributed by atoms with Gasteiger partial charge in [-0.3, -0.25) is 0 Å². The second kappa shape index (κ2) is 5.23.